The van der Waals surface area contributed by atoms with Gasteiger partial charge in [0.15, 0.2) is 5.82 Å². The van der Waals surface area contributed by atoms with Gasteiger partial charge in [0.25, 0.3) is 0 Å². The number of hydrogen-bond donors (Lipinski definition) is 2. The molecular weight excluding hydrogens is 218 g/mol. The van der Waals surface area contributed by atoms with Gasteiger partial charge in [-0.25, -0.2) is 4.98 Å². The molecular formula is C11H21N5O. The first-order valence-electron chi connectivity index (χ1n) is 5.60. The summed E-state index contributed by atoms with van der Waals surface area (Å²) in [6, 6.07) is -0.521. The van der Waals surface area contributed by atoms with E-state index in [1.54, 1.807) is 11.9 Å². The van der Waals surface area contributed by atoms with Gasteiger partial charge in [-0.2, -0.15) is 5.10 Å². The summed E-state index contributed by atoms with van der Waals surface area (Å²) in [5, 5.41) is 6.73. The SMILES string of the molecule is Cc1nc(CN(C)C(=O)[C@@H](N)C(C)(C)C)n[nH]1. The fourth-order valence-electron chi connectivity index (χ4n) is 1.36. The first kappa shape index (κ1) is 13.6. The molecule has 96 valence electrons. The minimum absolute atomic E-state index is 0.0973. The Balaban J connectivity index is 2.65. The van der Waals surface area contributed by atoms with E-state index in [0.717, 1.165) is 5.82 Å². The molecule has 0 aliphatic carbocycles. The van der Waals surface area contributed by atoms with E-state index in [-0.39, 0.29) is 11.3 Å². The van der Waals surface area contributed by atoms with Crippen molar-refractivity contribution >= 4 is 5.91 Å². The molecule has 3 N–H and O–H groups in total. The normalized spacial score (nSPS) is 13.5. The highest BCUT2D eigenvalue weighted by Gasteiger charge is 2.29. The highest BCUT2D eigenvalue weighted by molar-refractivity contribution is 5.82. The maximum atomic E-state index is 12.0. The van der Waals surface area contributed by atoms with Crippen molar-refractivity contribution in [2.45, 2.75) is 40.3 Å². The van der Waals surface area contributed by atoms with Crippen molar-refractivity contribution in [3.63, 3.8) is 0 Å². The second kappa shape index (κ2) is 4.83. The number of aryl methyl sites for hydroxylation is 1. The van der Waals surface area contributed by atoms with Crippen LogP contribution in [0.15, 0.2) is 0 Å². The van der Waals surface area contributed by atoms with Crippen LogP contribution in [-0.2, 0) is 11.3 Å². The lowest BCUT2D eigenvalue weighted by molar-refractivity contribution is -0.134. The standard InChI is InChI=1S/C11H21N5O/c1-7-13-8(15-14-7)6-16(5)10(17)9(12)11(2,3)4/h9H,6,12H2,1-5H3,(H,13,14,15)/t9-/m1/s1. The Labute approximate surface area is 102 Å². The molecule has 1 rings (SSSR count). The molecule has 0 spiro atoms. The minimum atomic E-state index is -0.521. The monoisotopic (exact) mass is 239 g/mol. The number of carbonyl (C=O) groups is 1. The first-order chi connectivity index (χ1) is 7.71. The number of aromatic amines is 1. The largest absolute Gasteiger partial charge is 0.337 e. The average Bonchev–Trinajstić information content (AvgIpc) is 2.60. The van der Waals surface area contributed by atoms with E-state index in [1.165, 1.54) is 0 Å². The van der Waals surface area contributed by atoms with E-state index in [0.29, 0.717) is 12.4 Å². The maximum Gasteiger partial charge on any atom is 0.240 e. The van der Waals surface area contributed by atoms with Crippen LogP contribution in [0.3, 0.4) is 0 Å². The predicted octanol–water partition coefficient (Wildman–Crippen LogP) is 0.445. The van der Waals surface area contributed by atoms with E-state index >= 15 is 0 Å². The van der Waals surface area contributed by atoms with Crippen molar-refractivity contribution in [2.75, 3.05) is 7.05 Å². The molecule has 17 heavy (non-hydrogen) atoms. The molecule has 0 saturated carbocycles. The Kier molecular flexibility index (Phi) is 3.87. The molecule has 6 nitrogen and oxygen atoms in total. The summed E-state index contributed by atoms with van der Waals surface area (Å²) in [7, 11) is 1.71. The molecule has 1 atom stereocenters. The van der Waals surface area contributed by atoms with Crippen LogP contribution >= 0.6 is 0 Å². The number of nitrogens with two attached hydrogens (primary N) is 1. The van der Waals surface area contributed by atoms with Gasteiger partial charge in [0.2, 0.25) is 5.91 Å². The van der Waals surface area contributed by atoms with Crippen LogP contribution in [0, 0.1) is 12.3 Å². The first-order valence-corrected chi connectivity index (χ1v) is 5.60. The van der Waals surface area contributed by atoms with Crippen molar-refractivity contribution in [2.24, 2.45) is 11.1 Å². The molecule has 1 aromatic rings. The van der Waals surface area contributed by atoms with Gasteiger partial charge in [0.1, 0.15) is 5.82 Å². The third kappa shape index (κ3) is 3.52. The number of hydrogen-bond acceptors (Lipinski definition) is 4. The summed E-state index contributed by atoms with van der Waals surface area (Å²) in [4.78, 5) is 17.7. The lowest BCUT2D eigenvalue weighted by Crippen LogP contribution is -2.49. The predicted molar refractivity (Wildman–Crippen MR) is 65.0 cm³/mol. The van der Waals surface area contributed by atoms with E-state index in [2.05, 4.69) is 15.2 Å². The number of amides is 1. The van der Waals surface area contributed by atoms with Gasteiger partial charge >= 0.3 is 0 Å². The molecule has 0 bridgehead atoms. The number of rotatable bonds is 3. The van der Waals surface area contributed by atoms with Crippen LogP contribution in [-0.4, -0.2) is 39.1 Å². The maximum absolute atomic E-state index is 12.0. The van der Waals surface area contributed by atoms with E-state index in [4.69, 9.17) is 5.73 Å². The van der Waals surface area contributed by atoms with Crippen molar-refractivity contribution in [3.05, 3.63) is 11.6 Å². The van der Waals surface area contributed by atoms with E-state index < -0.39 is 6.04 Å². The van der Waals surface area contributed by atoms with Crippen molar-refractivity contribution in [1.29, 1.82) is 0 Å². The summed E-state index contributed by atoms with van der Waals surface area (Å²) in [6.07, 6.45) is 0. The molecule has 1 aromatic heterocycles. The molecule has 0 saturated heterocycles. The van der Waals surface area contributed by atoms with Gasteiger partial charge in [-0.3, -0.25) is 9.89 Å². The summed E-state index contributed by atoms with van der Waals surface area (Å²) in [5.74, 6) is 1.24. The molecule has 0 unspecified atom stereocenters. The number of carbonyl (C=O) groups excluding carboxylic acids is 1. The number of aromatic nitrogens is 3. The summed E-state index contributed by atoms with van der Waals surface area (Å²) < 4.78 is 0. The molecule has 0 fully saturated rings. The topological polar surface area (TPSA) is 87.9 Å². The Morgan fingerprint density at radius 3 is 2.53 bits per heavy atom. The van der Waals surface area contributed by atoms with Crippen molar-refractivity contribution in [3.8, 4) is 0 Å². The lowest BCUT2D eigenvalue weighted by Gasteiger charge is -2.29. The van der Waals surface area contributed by atoms with Gasteiger partial charge in [-0.05, 0) is 12.3 Å². The summed E-state index contributed by atoms with van der Waals surface area (Å²) in [6.45, 7) is 8.02. The molecule has 0 aliphatic heterocycles. The second-order valence-corrected chi connectivity index (χ2v) is 5.38. The fourth-order valence-corrected chi connectivity index (χ4v) is 1.36. The van der Waals surface area contributed by atoms with Gasteiger partial charge in [-0.1, -0.05) is 20.8 Å². The molecule has 0 aromatic carbocycles. The second-order valence-electron chi connectivity index (χ2n) is 5.38. The Morgan fingerprint density at radius 1 is 1.53 bits per heavy atom. The molecule has 0 aliphatic rings. The number of nitrogens with one attached hydrogen (secondary N) is 1. The Hall–Kier alpha value is -1.43. The van der Waals surface area contributed by atoms with Crippen LogP contribution in [0.2, 0.25) is 0 Å². The van der Waals surface area contributed by atoms with Crippen LogP contribution in [0.25, 0.3) is 0 Å². The highest BCUT2D eigenvalue weighted by atomic mass is 16.2. The zero-order valence-electron chi connectivity index (χ0n) is 11.1. The smallest absolute Gasteiger partial charge is 0.240 e. The van der Waals surface area contributed by atoms with Gasteiger partial charge < -0.3 is 10.6 Å². The molecule has 1 heterocycles. The van der Waals surface area contributed by atoms with Crippen LogP contribution in [0.4, 0.5) is 0 Å². The molecule has 1 amide bonds. The quantitative estimate of drug-likeness (QED) is 0.801. The minimum Gasteiger partial charge on any atom is -0.337 e. The number of H-pyrrole nitrogens is 1. The van der Waals surface area contributed by atoms with Crippen LogP contribution in [0.5, 0.6) is 0 Å². The average molecular weight is 239 g/mol. The van der Waals surface area contributed by atoms with Crippen LogP contribution < -0.4 is 5.73 Å². The third-order valence-corrected chi connectivity index (χ3v) is 2.60. The van der Waals surface area contributed by atoms with E-state index in [1.807, 2.05) is 27.7 Å². The van der Waals surface area contributed by atoms with E-state index in [9.17, 15) is 4.79 Å². The van der Waals surface area contributed by atoms with Crippen molar-refractivity contribution < 1.29 is 4.79 Å². The molecule has 6 heteroatoms. The molecule has 0 radical (unpaired) electrons. The van der Waals surface area contributed by atoms with Crippen LogP contribution in [0.1, 0.15) is 32.4 Å². The summed E-state index contributed by atoms with van der Waals surface area (Å²) >= 11 is 0. The highest BCUT2D eigenvalue weighted by Crippen LogP contribution is 2.19. The van der Waals surface area contributed by atoms with Gasteiger partial charge in [-0.15, -0.1) is 0 Å². The van der Waals surface area contributed by atoms with Crippen molar-refractivity contribution in [1.82, 2.24) is 20.1 Å². The zero-order chi connectivity index (χ0) is 13.2. The lowest BCUT2D eigenvalue weighted by atomic mass is 9.86. The fraction of sp³-hybridized carbons (Fsp3) is 0.727. The summed E-state index contributed by atoms with van der Waals surface area (Å²) in [5.41, 5.74) is 5.66. The number of nitrogens with zero attached hydrogens (tertiary/aromatic N) is 3. The number of likely N-dealkylation sites (N-methyl/N-ethyl adjacent to an activating group) is 1. The van der Waals surface area contributed by atoms with Gasteiger partial charge in [0, 0.05) is 7.05 Å². The third-order valence-electron chi connectivity index (χ3n) is 2.60. The Bertz CT molecular complexity index is 393. The zero-order valence-corrected chi connectivity index (χ0v) is 11.1. The Morgan fingerprint density at radius 2 is 2.12 bits per heavy atom. The van der Waals surface area contributed by atoms with Gasteiger partial charge in [0.05, 0.1) is 12.6 Å².